The molecule has 1 saturated heterocycles. The minimum absolute atomic E-state index is 0.0629. The molecule has 1 unspecified atom stereocenters. The number of rotatable bonds is 9. The number of hydrogen-bond donors (Lipinski definition) is 2. The maximum atomic E-state index is 13.1. The van der Waals surface area contributed by atoms with E-state index in [1.54, 1.807) is 18.2 Å². The van der Waals surface area contributed by atoms with Crippen LogP contribution < -0.4 is 14.2 Å². The van der Waals surface area contributed by atoms with E-state index in [0.29, 0.717) is 17.1 Å². The van der Waals surface area contributed by atoms with Gasteiger partial charge in [0, 0.05) is 12.1 Å². The molecule has 1 aliphatic rings. The predicted molar refractivity (Wildman–Crippen MR) is 124 cm³/mol. The smallest absolute Gasteiger partial charge is 0.295 e. The van der Waals surface area contributed by atoms with Crippen molar-refractivity contribution < 1.29 is 38.7 Å². The van der Waals surface area contributed by atoms with E-state index in [4.69, 9.17) is 18.9 Å². The summed E-state index contributed by atoms with van der Waals surface area (Å²) in [6.07, 6.45) is -0.0629. The number of aliphatic hydroxyl groups excluding tert-OH is 1. The number of ether oxygens (including phenoxy) is 4. The summed E-state index contributed by atoms with van der Waals surface area (Å²) in [6.45, 7) is 4.04. The van der Waals surface area contributed by atoms with E-state index in [1.165, 1.54) is 44.4 Å². The van der Waals surface area contributed by atoms with Gasteiger partial charge in [0.1, 0.15) is 5.76 Å². The summed E-state index contributed by atoms with van der Waals surface area (Å²) >= 11 is 0. The lowest BCUT2D eigenvalue weighted by atomic mass is 9.95. The number of nitrogens with zero attached hydrogens (tertiary/aromatic N) is 1. The molecule has 0 spiro atoms. The lowest BCUT2D eigenvalue weighted by Gasteiger charge is -2.26. The number of phenolic OH excluding ortho intramolecular Hbond substituents is 1. The normalized spacial score (nSPS) is 17.4. The molecule has 0 saturated carbocycles. The van der Waals surface area contributed by atoms with E-state index in [-0.39, 0.29) is 47.7 Å². The van der Waals surface area contributed by atoms with E-state index >= 15 is 0 Å². The van der Waals surface area contributed by atoms with Crippen LogP contribution >= 0.6 is 0 Å². The minimum Gasteiger partial charge on any atom is -0.507 e. The van der Waals surface area contributed by atoms with Gasteiger partial charge in [0.2, 0.25) is 0 Å². The van der Waals surface area contributed by atoms with Gasteiger partial charge in [-0.2, -0.15) is 0 Å². The Hall–Kier alpha value is -3.72. The second-order valence-electron chi connectivity index (χ2n) is 7.91. The van der Waals surface area contributed by atoms with Crippen molar-refractivity contribution in [3.63, 3.8) is 0 Å². The molecule has 0 bridgehead atoms. The lowest BCUT2D eigenvalue weighted by Crippen LogP contribution is -2.33. The summed E-state index contributed by atoms with van der Waals surface area (Å²) in [6, 6.07) is 8.31. The Balaban J connectivity index is 2.15. The number of hydrogen-bond acceptors (Lipinski definition) is 8. The maximum absolute atomic E-state index is 13.1. The Kier molecular flexibility index (Phi) is 7.68. The predicted octanol–water partition coefficient (Wildman–Crippen LogP) is 3.26. The van der Waals surface area contributed by atoms with E-state index in [0.717, 1.165) is 0 Å². The van der Waals surface area contributed by atoms with Gasteiger partial charge in [-0.05, 0) is 49.7 Å². The molecule has 0 aromatic heterocycles. The van der Waals surface area contributed by atoms with Gasteiger partial charge in [-0.25, -0.2) is 0 Å². The average molecular weight is 472 g/mol. The number of aromatic hydroxyl groups is 1. The SMILES string of the molecule is COc1ccc(C2/C(=C(/O)c3ccc(OC)c(OC)c3)C(=O)C(=O)N2CCOC(C)C)cc1O. The van der Waals surface area contributed by atoms with Crippen LogP contribution in [0.25, 0.3) is 5.76 Å². The second-order valence-corrected chi connectivity index (χ2v) is 7.91. The molecule has 1 amide bonds. The van der Waals surface area contributed by atoms with E-state index in [9.17, 15) is 19.8 Å². The molecule has 3 rings (SSSR count). The number of Topliss-reactive ketones (excluding diaryl/α,β-unsaturated/α-hetero) is 1. The molecule has 34 heavy (non-hydrogen) atoms. The summed E-state index contributed by atoms with van der Waals surface area (Å²) in [5.74, 6) is -1.09. The zero-order chi connectivity index (χ0) is 25.0. The fourth-order valence-corrected chi connectivity index (χ4v) is 3.86. The van der Waals surface area contributed by atoms with E-state index in [1.807, 2.05) is 13.8 Å². The first-order valence-electron chi connectivity index (χ1n) is 10.7. The van der Waals surface area contributed by atoms with Crippen molar-refractivity contribution in [3.8, 4) is 23.0 Å². The van der Waals surface area contributed by atoms with Crippen molar-refractivity contribution in [1.29, 1.82) is 0 Å². The van der Waals surface area contributed by atoms with Crippen LogP contribution in [-0.4, -0.2) is 67.4 Å². The lowest BCUT2D eigenvalue weighted by molar-refractivity contribution is -0.140. The number of carbonyl (C=O) groups excluding carboxylic acids is 2. The summed E-state index contributed by atoms with van der Waals surface area (Å²) in [5, 5.41) is 21.5. The highest BCUT2D eigenvalue weighted by molar-refractivity contribution is 6.46. The summed E-state index contributed by atoms with van der Waals surface area (Å²) < 4.78 is 21.2. The van der Waals surface area contributed by atoms with Crippen LogP contribution in [0.1, 0.15) is 31.0 Å². The first-order valence-corrected chi connectivity index (χ1v) is 10.7. The van der Waals surface area contributed by atoms with E-state index in [2.05, 4.69) is 0 Å². The number of likely N-dealkylation sites (tertiary alicyclic amines) is 1. The monoisotopic (exact) mass is 471 g/mol. The summed E-state index contributed by atoms with van der Waals surface area (Å²) in [4.78, 5) is 27.4. The van der Waals surface area contributed by atoms with Crippen LogP contribution in [0.2, 0.25) is 0 Å². The molecule has 1 atom stereocenters. The van der Waals surface area contributed by atoms with Crippen molar-refractivity contribution in [2.75, 3.05) is 34.5 Å². The Morgan fingerprint density at radius 2 is 1.62 bits per heavy atom. The third kappa shape index (κ3) is 4.79. The molecule has 1 heterocycles. The standard InChI is InChI=1S/C25H29NO8/c1-14(2)34-11-10-26-22(15-6-8-18(31-3)17(27)12-15)21(24(29)25(26)30)23(28)16-7-9-19(32-4)20(13-16)33-5/h6-9,12-14,22,27-28H,10-11H2,1-5H3/b23-21-. The zero-order valence-corrected chi connectivity index (χ0v) is 19.8. The van der Waals surface area contributed by atoms with Crippen LogP contribution in [0.4, 0.5) is 0 Å². The topological polar surface area (TPSA) is 115 Å². The number of phenols is 1. The molecule has 0 radical (unpaired) electrons. The molecule has 2 aromatic rings. The number of methoxy groups -OCH3 is 3. The van der Waals surface area contributed by atoms with Crippen molar-refractivity contribution in [3.05, 3.63) is 53.1 Å². The largest absolute Gasteiger partial charge is 0.507 e. The molecule has 0 aliphatic carbocycles. The molecule has 2 aromatic carbocycles. The molecule has 2 N–H and O–H groups in total. The summed E-state index contributed by atoms with van der Waals surface area (Å²) in [5.41, 5.74) is 0.604. The third-order valence-electron chi connectivity index (χ3n) is 5.50. The minimum atomic E-state index is -0.944. The number of amides is 1. The quantitative estimate of drug-likeness (QED) is 0.325. The number of aliphatic hydroxyl groups is 1. The van der Waals surface area contributed by atoms with Crippen LogP contribution in [0.3, 0.4) is 0 Å². The van der Waals surface area contributed by atoms with Crippen LogP contribution in [0.15, 0.2) is 42.0 Å². The number of carbonyl (C=O) groups is 2. The highest BCUT2D eigenvalue weighted by Gasteiger charge is 2.46. The third-order valence-corrected chi connectivity index (χ3v) is 5.50. The van der Waals surface area contributed by atoms with Gasteiger partial charge in [-0.15, -0.1) is 0 Å². The maximum Gasteiger partial charge on any atom is 0.295 e. The summed E-state index contributed by atoms with van der Waals surface area (Å²) in [7, 11) is 4.36. The highest BCUT2D eigenvalue weighted by atomic mass is 16.5. The second kappa shape index (κ2) is 10.5. The Bertz CT molecular complexity index is 1110. The van der Waals surface area contributed by atoms with Crippen LogP contribution in [-0.2, 0) is 14.3 Å². The molecule has 182 valence electrons. The Morgan fingerprint density at radius 3 is 2.21 bits per heavy atom. The van der Waals surface area contributed by atoms with Gasteiger partial charge in [0.25, 0.3) is 11.7 Å². The van der Waals surface area contributed by atoms with Crippen LogP contribution in [0, 0.1) is 0 Å². The zero-order valence-electron chi connectivity index (χ0n) is 19.8. The fourth-order valence-electron chi connectivity index (χ4n) is 3.86. The number of benzene rings is 2. The van der Waals surface area contributed by atoms with Gasteiger partial charge in [0.15, 0.2) is 23.0 Å². The van der Waals surface area contributed by atoms with Crippen molar-refractivity contribution >= 4 is 17.4 Å². The Labute approximate surface area is 198 Å². The molecule has 9 nitrogen and oxygen atoms in total. The molecule has 1 aliphatic heterocycles. The van der Waals surface area contributed by atoms with Gasteiger partial charge in [0.05, 0.1) is 45.7 Å². The van der Waals surface area contributed by atoms with Crippen molar-refractivity contribution in [2.45, 2.75) is 26.0 Å². The van der Waals surface area contributed by atoms with Gasteiger partial charge in [-0.3, -0.25) is 9.59 Å². The van der Waals surface area contributed by atoms with Crippen LogP contribution in [0.5, 0.6) is 23.0 Å². The molecule has 9 heteroatoms. The average Bonchev–Trinajstić information content (AvgIpc) is 3.07. The number of ketones is 1. The van der Waals surface area contributed by atoms with Gasteiger partial charge >= 0.3 is 0 Å². The highest BCUT2D eigenvalue weighted by Crippen LogP contribution is 2.42. The molecular weight excluding hydrogens is 442 g/mol. The van der Waals surface area contributed by atoms with Gasteiger partial charge < -0.3 is 34.1 Å². The van der Waals surface area contributed by atoms with E-state index < -0.39 is 17.7 Å². The molecular formula is C25H29NO8. The van der Waals surface area contributed by atoms with Crippen molar-refractivity contribution in [1.82, 2.24) is 4.90 Å². The first kappa shape index (κ1) is 24.9. The Morgan fingerprint density at radius 1 is 0.971 bits per heavy atom. The van der Waals surface area contributed by atoms with Crippen molar-refractivity contribution in [2.24, 2.45) is 0 Å². The fraction of sp³-hybridized carbons (Fsp3) is 0.360. The van der Waals surface area contributed by atoms with Gasteiger partial charge in [-0.1, -0.05) is 6.07 Å². The first-order chi connectivity index (χ1) is 16.2. The molecule has 1 fully saturated rings.